The summed E-state index contributed by atoms with van der Waals surface area (Å²) in [5, 5.41) is 0. The van der Waals surface area contributed by atoms with Gasteiger partial charge in [-0.3, -0.25) is 0 Å². The van der Waals surface area contributed by atoms with Gasteiger partial charge in [-0.15, -0.1) is 0 Å². The van der Waals surface area contributed by atoms with E-state index in [1.54, 1.807) is 0 Å². The second kappa shape index (κ2) is 8.45. The van der Waals surface area contributed by atoms with E-state index in [4.69, 9.17) is 4.74 Å². The molecule has 0 N–H and O–H groups in total. The van der Waals surface area contributed by atoms with E-state index in [9.17, 15) is 0 Å². The van der Waals surface area contributed by atoms with Crippen LogP contribution in [0.2, 0.25) is 0 Å². The Morgan fingerprint density at radius 3 is 2.78 bits per heavy atom. The van der Waals surface area contributed by atoms with Crippen LogP contribution < -0.4 is 4.74 Å². The molecule has 0 bridgehead atoms. The Hall–Kier alpha value is -2.52. The molecule has 1 heterocycles. The quantitative estimate of drug-likeness (QED) is 0.369. The van der Waals surface area contributed by atoms with Crippen LogP contribution in [0.1, 0.15) is 28.9 Å². The summed E-state index contributed by atoms with van der Waals surface area (Å²) in [6.45, 7) is 10.3. The minimum atomic E-state index is 0.614. The summed E-state index contributed by atoms with van der Waals surface area (Å²) in [6.07, 6.45) is 15.7. The van der Waals surface area contributed by atoms with Gasteiger partial charge in [-0.05, 0) is 80.8 Å². The lowest BCUT2D eigenvalue weighted by molar-refractivity contribution is 0.444. The first kappa shape index (κ1) is 19.2. The number of allylic oxidation sites excluding steroid dienone is 7. The minimum absolute atomic E-state index is 0.614. The lowest BCUT2D eigenvalue weighted by Crippen LogP contribution is -1.99. The van der Waals surface area contributed by atoms with E-state index >= 15 is 0 Å². The predicted molar refractivity (Wildman–Crippen MR) is 119 cm³/mol. The van der Waals surface area contributed by atoms with E-state index in [1.807, 2.05) is 31.2 Å². The van der Waals surface area contributed by atoms with E-state index in [0.29, 0.717) is 5.76 Å². The van der Waals surface area contributed by atoms with Crippen molar-refractivity contribution < 1.29 is 4.74 Å². The number of aromatic nitrogens is 1. The molecule has 1 aromatic carbocycles. The Morgan fingerprint density at radius 2 is 2.00 bits per heavy atom. The summed E-state index contributed by atoms with van der Waals surface area (Å²) >= 11 is 3.47. The normalized spacial score (nSPS) is 13.7. The van der Waals surface area contributed by atoms with Gasteiger partial charge in [0.05, 0.1) is 0 Å². The molecule has 0 atom stereocenters. The van der Waals surface area contributed by atoms with E-state index in [1.165, 1.54) is 17.1 Å². The molecule has 27 heavy (non-hydrogen) atoms. The molecule has 1 aliphatic carbocycles. The van der Waals surface area contributed by atoms with Crippen LogP contribution in [0.25, 0.3) is 11.8 Å². The Labute approximate surface area is 170 Å². The highest BCUT2D eigenvalue weighted by Crippen LogP contribution is 2.26. The monoisotopic (exact) mass is 421 g/mol. The van der Waals surface area contributed by atoms with Crippen LogP contribution in [0.3, 0.4) is 0 Å². The summed E-state index contributed by atoms with van der Waals surface area (Å²) in [5.74, 6) is 1.43. The Morgan fingerprint density at radius 1 is 1.19 bits per heavy atom. The highest BCUT2D eigenvalue weighted by atomic mass is 79.9. The molecule has 0 amide bonds. The maximum Gasteiger partial charge on any atom is 0.130 e. The van der Waals surface area contributed by atoms with Gasteiger partial charge >= 0.3 is 0 Å². The van der Waals surface area contributed by atoms with Gasteiger partial charge in [-0.25, -0.2) is 0 Å². The van der Waals surface area contributed by atoms with Gasteiger partial charge < -0.3 is 9.30 Å². The third-order valence-corrected chi connectivity index (χ3v) is 5.03. The Kier molecular flexibility index (Phi) is 6.02. The van der Waals surface area contributed by atoms with Gasteiger partial charge in [0.15, 0.2) is 0 Å². The minimum Gasteiger partial charge on any atom is -0.458 e. The smallest absolute Gasteiger partial charge is 0.130 e. The van der Waals surface area contributed by atoms with Crippen LogP contribution in [0, 0.1) is 20.8 Å². The van der Waals surface area contributed by atoms with E-state index in [0.717, 1.165) is 27.8 Å². The van der Waals surface area contributed by atoms with Crippen molar-refractivity contribution in [1.82, 2.24) is 4.57 Å². The first-order chi connectivity index (χ1) is 13.0. The first-order valence-corrected chi connectivity index (χ1v) is 9.78. The van der Waals surface area contributed by atoms with Gasteiger partial charge in [0.1, 0.15) is 11.5 Å². The maximum atomic E-state index is 5.89. The molecule has 0 saturated heterocycles. The zero-order valence-electron chi connectivity index (χ0n) is 16.0. The van der Waals surface area contributed by atoms with Gasteiger partial charge in [-0.2, -0.15) is 0 Å². The zero-order chi connectivity index (χ0) is 19.4. The van der Waals surface area contributed by atoms with Crippen molar-refractivity contribution in [2.75, 3.05) is 0 Å². The van der Waals surface area contributed by atoms with E-state index in [-0.39, 0.29) is 0 Å². The highest BCUT2D eigenvalue weighted by molar-refractivity contribution is 9.10. The summed E-state index contributed by atoms with van der Waals surface area (Å²) in [7, 11) is 0. The second-order valence-electron chi connectivity index (χ2n) is 6.63. The van der Waals surface area contributed by atoms with Crippen molar-refractivity contribution in [3.05, 3.63) is 100 Å². The number of nitrogens with zero attached hydrogens (tertiary/aromatic N) is 1. The topological polar surface area (TPSA) is 14.2 Å². The number of benzene rings is 1. The maximum absolute atomic E-state index is 5.89. The fourth-order valence-electron chi connectivity index (χ4n) is 3.17. The standard InChI is InChI=1S/C24H24BrNO/c1-17-15-22(25)13-14-24(17)27-19(3)11-12-21-16-18(2)26(20(21)4)23-9-7-5-6-8-10-23/h5-7,9-16H,3,8H2,1-2,4H3/b12-11+. The molecule has 1 aromatic heterocycles. The van der Waals surface area contributed by atoms with Crippen molar-refractivity contribution >= 4 is 27.7 Å². The molecule has 0 unspecified atom stereocenters. The van der Waals surface area contributed by atoms with Crippen LogP contribution in [0.4, 0.5) is 0 Å². The van der Waals surface area contributed by atoms with Crippen molar-refractivity contribution in [2.24, 2.45) is 0 Å². The second-order valence-corrected chi connectivity index (χ2v) is 7.54. The predicted octanol–water partition coefficient (Wildman–Crippen LogP) is 7.14. The molecule has 3 rings (SSSR count). The third kappa shape index (κ3) is 4.61. The average molecular weight is 422 g/mol. The molecule has 0 fully saturated rings. The lowest BCUT2D eigenvalue weighted by Gasteiger charge is -2.10. The van der Waals surface area contributed by atoms with Crippen molar-refractivity contribution in [1.29, 1.82) is 0 Å². The van der Waals surface area contributed by atoms with Crippen LogP contribution in [-0.2, 0) is 0 Å². The zero-order valence-corrected chi connectivity index (χ0v) is 17.6. The lowest BCUT2D eigenvalue weighted by atomic mass is 10.2. The number of rotatable bonds is 5. The van der Waals surface area contributed by atoms with Crippen LogP contribution >= 0.6 is 15.9 Å². The molecule has 2 nitrogen and oxygen atoms in total. The van der Waals surface area contributed by atoms with Crippen LogP contribution in [0.15, 0.2) is 77.5 Å². The molecular weight excluding hydrogens is 398 g/mol. The molecule has 0 spiro atoms. The fourth-order valence-corrected chi connectivity index (χ4v) is 3.65. The first-order valence-electron chi connectivity index (χ1n) is 8.99. The van der Waals surface area contributed by atoms with Gasteiger partial charge in [0.25, 0.3) is 0 Å². The van der Waals surface area contributed by atoms with Gasteiger partial charge in [-0.1, -0.05) is 46.8 Å². The highest BCUT2D eigenvalue weighted by Gasteiger charge is 2.10. The summed E-state index contributed by atoms with van der Waals surface area (Å²) in [6, 6.07) is 8.14. The van der Waals surface area contributed by atoms with Crippen molar-refractivity contribution in [3.63, 3.8) is 0 Å². The van der Waals surface area contributed by atoms with Gasteiger partial charge in [0, 0.05) is 21.6 Å². The van der Waals surface area contributed by atoms with Crippen LogP contribution in [0.5, 0.6) is 5.75 Å². The number of hydrogen-bond donors (Lipinski definition) is 0. The molecule has 0 radical (unpaired) electrons. The summed E-state index contributed by atoms with van der Waals surface area (Å²) in [4.78, 5) is 0. The SMILES string of the molecule is C=C(/C=C/c1cc(C)n(C2=CCC=CC=C2)c1C)Oc1ccc(Br)cc1C. The van der Waals surface area contributed by atoms with Crippen molar-refractivity contribution in [3.8, 4) is 5.75 Å². The fraction of sp³-hybridized carbons (Fsp3) is 0.167. The molecule has 1 aliphatic rings. The van der Waals surface area contributed by atoms with Gasteiger partial charge in [0.2, 0.25) is 0 Å². The molecule has 0 aliphatic heterocycles. The molecule has 138 valence electrons. The number of aryl methyl sites for hydroxylation is 2. The number of ether oxygens (including phenoxy) is 1. The number of hydrogen-bond acceptors (Lipinski definition) is 1. The van der Waals surface area contributed by atoms with E-state index < -0.39 is 0 Å². The third-order valence-electron chi connectivity index (χ3n) is 4.53. The largest absolute Gasteiger partial charge is 0.458 e. The Balaban J connectivity index is 1.78. The molecule has 0 saturated carbocycles. The Bertz CT molecular complexity index is 986. The molecular formula is C24H24BrNO. The molecule has 3 heteroatoms. The average Bonchev–Trinajstić information content (AvgIpc) is 2.80. The summed E-state index contributed by atoms with van der Waals surface area (Å²) < 4.78 is 9.22. The summed E-state index contributed by atoms with van der Waals surface area (Å²) in [5.41, 5.74) is 5.85. The van der Waals surface area contributed by atoms with Crippen molar-refractivity contribution in [2.45, 2.75) is 27.2 Å². The number of halogens is 1. The molecule has 2 aromatic rings. The van der Waals surface area contributed by atoms with Crippen LogP contribution in [-0.4, -0.2) is 4.57 Å². The van der Waals surface area contributed by atoms with E-state index in [2.05, 4.69) is 83.4 Å².